The van der Waals surface area contributed by atoms with Crippen LogP contribution in [0.15, 0.2) is 18.2 Å². The molecule has 0 atom stereocenters. The quantitative estimate of drug-likeness (QED) is 0.427. The number of nitro groups is 1. The van der Waals surface area contributed by atoms with Crippen LogP contribution in [0.1, 0.15) is 25.3 Å². The third-order valence-electron chi connectivity index (χ3n) is 4.07. The Labute approximate surface area is 147 Å². The highest BCUT2D eigenvalue weighted by molar-refractivity contribution is 5.68. The van der Waals surface area contributed by atoms with Gasteiger partial charge in [0.15, 0.2) is 0 Å². The highest BCUT2D eigenvalue weighted by atomic mass is 16.6. The molecule has 1 saturated heterocycles. The van der Waals surface area contributed by atoms with Crippen molar-refractivity contribution < 1.29 is 19.2 Å². The first-order valence-corrected chi connectivity index (χ1v) is 8.50. The lowest BCUT2D eigenvalue weighted by atomic mass is 10.1. The molecule has 0 saturated carbocycles. The fourth-order valence-electron chi connectivity index (χ4n) is 2.66. The number of hydrogen-bond donors (Lipinski definition) is 0. The number of benzene rings is 1. The van der Waals surface area contributed by atoms with Crippen LogP contribution in [-0.4, -0.2) is 55.9 Å². The van der Waals surface area contributed by atoms with Gasteiger partial charge in [-0.25, -0.2) is 4.79 Å². The Bertz CT molecular complexity index is 602. The summed E-state index contributed by atoms with van der Waals surface area (Å²) in [4.78, 5) is 26.3. The van der Waals surface area contributed by atoms with E-state index in [0.717, 1.165) is 37.2 Å². The van der Waals surface area contributed by atoms with Gasteiger partial charge in [0.2, 0.25) is 0 Å². The Morgan fingerprint density at radius 1 is 1.40 bits per heavy atom. The van der Waals surface area contributed by atoms with Gasteiger partial charge in [0.25, 0.3) is 5.69 Å². The number of nitro benzene ring substituents is 1. The van der Waals surface area contributed by atoms with E-state index >= 15 is 0 Å². The van der Waals surface area contributed by atoms with Crippen LogP contribution in [0.2, 0.25) is 0 Å². The summed E-state index contributed by atoms with van der Waals surface area (Å²) < 4.78 is 10.6. The molecule has 1 aromatic rings. The lowest BCUT2D eigenvalue weighted by molar-refractivity contribution is -0.384. The maximum atomic E-state index is 12.1. The first-order valence-electron chi connectivity index (χ1n) is 8.50. The third kappa shape index (κ3) is 5.32. The van der Waals surface area contributed by atoms with Gasteiger partial charge in [-0.05, 0) is 12.5 Å². The summed E-state index contributed by atoms with van der Waals surface area (Å²) >= 11 is 0. The van der Waals surface area contributed by atoms with Crippen LogP contribution in [0.3, 0.4) is 0 Å². The average molecular weight is 351 g/mol. The molecule has 25 heavy (non-hydrogen) atoms. The molecule has 0 aromatic heterocycles. The molecule has 8 nitrogen and oxygen atoms in total. The highest BCUT2D eigenvalue weighted by Gasteiger charge is 2.20. The van der Waals surface area contributed by atoms with E-state index in [9.17, 15) is 14.9 Å². The molecule has 0 bridgehead atoms. The van der Waals surface area contributed by atoms with E-state index in [2.05, 4.69) is 4.90 Å². The summed E-state index contributed by atoms with van der Waals surface area (Å²) in [5.41, 5.74) is 1.63. The van der Waals surface area contributed by atoms with Crippen LogP contribution in [-0.2, 0) is 16.0 Å². The predicted octanol–water partition coefficient (Wildman–Crippen LogP) is 2.80. The van der Waals surface area contributed by atoms with E-state index in [4.69, 9.17) is 9.47 Å². The van der Waals surface area contributed by atoms with E-state index in [0.29, 0.717) is 19.8 Å². The van der Waals surface area contributed by atoms with Crippen molar-refractivity contribution in [1.82, 2.24) is 4.90 Å². The van der Waals surface area contributed by atoms with Crippen LogP contribution >= 0.6 is 0 Å². The minimum atomic E-state index is -0.424. The van der Waals surface area contributed by atoms with Crippen molar-refractivity contribution in [2.45, 2.75) is 26.3 Å². The highest BCUT2D eigenvalue weighted by Crippen LogP contribution is 2.27. The van der Waals surface area contributed by atoms with E-state index in [1.165, 1.54) is 17.0 Å². The Balaban J connectivity index is 2.16. The number of amides is 1. The average Bonchev–Trinajstić information content (AvgIpc) is 2.62. The SMILES string of the molecule is CCCCOC(=O)N(C)Cc1cc([N+](=O)[O-])ccc1N1CCOCC1. The molecule has 1 amide bonds. The number of carbonyl (C=O) groups excluding carboxylic acids is 1. The lowest BCUT2D eigenvalue weighted by Crippen LogP contribution is -2.37. The molecule has 0 radical (unpaired) electrons. The summed E-state index contributed by atoms with van der Waals surface area (Å²) in [6.07, 6.45) is 1.34. The molecule has 0 unspecified atom stereocenters. The number of unbranched alkanes of at least 4 members (excludes halogenated alkanes) is 1. The molecule has 2 rings (SSSR count). The van der Waals surface area contributed by atoms with Gasteiger partial charge in [-0.2, -0.15) is 0 Å². The lowest BCUT2D eigenvalue weighted by Gasteiger charge is -2.31. The zero-order valence-electron chi connectivity index (χ0n) is 14.8. The van der Waals surface area contributed by atoms with Gasteiger partial charge in [-0.1, -0.05) is 13.3 Å². The molecule has 1 aromatic carbocycles. The molecular formula is C17H25N3O5. The van der Waals surface area contributed by atoms with Gasteiger partial charge in [0.05, 0.1) is 31.3 Å². The van der Waals surface area contributed by atoms with E-state index in [-0.39, 0.29) is 12.2 Å². The minimum Gasteiger partial charge on any atom is -0.449 e. The van der Waals surface area contributed by atoms with Gasteiger partial charge in [-0.15, -0.1) is 0 Å². The molecule has 1 heterocycles. The molecule has 138 valence electrons. The summed E-state index contributed by atoms with van der Waals surface area (Å²) in [6, 6.07) is 4.77. The minimum absolute atomic E-state index is 0.0137. The van der Waals surface area contributed by atoms with Gasteiger partial charge < -0.3 is 19.3 Å². The maximum Gasteiger partial charge on any atom is 0.409 e. The van der Waals surface area contributed by atoms with Crippen molar-refractivity contribution in [2.75, 3.05) is 44.9 Å². The van der Waals surface area contributed by atoms with E-state index in [1.54, 1.807) is 13.1 Å². The monoisotopic (exact) mass is 351 g/mol. The fourth-order valence-corrected chi connectivity index (χ4v) is 2.66. The Kier molecular flexibility index (Phi) is 7.00. The number of non-ortho nitro benzene ring substituents is 1. The second-order valence-electron chi connectivity index (χ2n) is 5.99. The number of carbonyl (C=O) groups is 1. The fraction of sp³-hybridized carbons (Fsp3) is 0.588. The predicted molar refractivity (Wildman–Crippen MR) is 93.9 cm³/mol. The second-order valence-corrected chi connectivity index (χ2v) is 5.99. The number of nitrogens with zero attached hydrogens (tertiary/aromatic N) is 3. The molecule has 1 aliphatic rings. The van der Waals surface area contributed by atoms with Crippen LogP contribution in [0.4, 0.5) is 16.2 Å². The molecule has 8 heteroatoms. The van der Waals surface area contributed by atoms with Gasteiger partial charge in [0, 0.05) is 43.5 Å². The number of rotatable bonds is 7. The Hall–Kier alpha value is -2.35. The third-order valence-corrected chi connectivity index (χ3v) is 4.07. The summed E-state index contributed by atoms with van der Waals surface area (Å²) in [5, 5.41) is 11.1. The second kappa shape index (κ2) is 9.22. The smallest absolute Gasteiger partial charge is 0.409 e. The number of ether oxygens (including phenoxy) is 2. The van der Waals surface area contributed by atoms with Crippen molar-refractivity contribution in [3.05, 3.63) is 33.9 Å². The molecule has 0 aliphatic carbocycles. The molecule has 0 spiro atoms. The Morgan fingerprint density at radius 2 is 2.12 bits per heavy atom. The molecule has 1 aliphatic heterocycles. The zero-order valence-corrected chi connectivity index (χ0v) is 14.8. The van der Waals surface area contributed by atoms with Gasteiger partial charge in [0.1, 0.15) is 0 Å². The van der Waals surface area contributed by atoms with Crippen LogP contribution < -0.4 is 4.90 Å². The van der Waals surface area contributed by atoms with Crippen molar-refractivity contribution in [3.8, 4) is 0 Å². The summed E-state index contributed by atoms with van der Waals surface area (Å²) in [5.74, 6) is 0. The van der Waals surface area contributed by atoms with Crippen molar-refractivity contribution in [3.63, 3.8) is 0 Å². The number of hydrogen-bond acceptors (Lipinski definition) is 6. The first kappa shape index (κ1) is 19.0. The number of anilines is 1. The zero-order chi connectivity index (χ0) is 18.2. The van der Waals surface area contributed by atoms with Crippen LogP contribution in [0.5, 0.6) is 0 Å². The van der Waals surface area contributed by atoms with E-state index < -0.39 is 11.0 Å². The summed E-state index contributed by atoms with van der Waals surface area (Å²) in [7, 11) is 1.64. The topological polar surface area (TPSA) is 85.1 Å². The normalized spacial score (nSPS) is 14.2. The van der Waals surface area contributed by atoms with E-state index in [1.807, 2.05) is 6.92 Å². The van der Waals surface area contributed by atoms with Crippen molar-refractivity contribution >= 4 is 17.5 Å². The largest absolute Gasteiger partial charge is 0.449 e. The van der Waals surface area contributed by atoms with Crippen LogP contribution in [0, 0.1) is 10.1 Å². The molecule has 1 fully saturated rings. The maximum absolute atomic E-state index is 12.1. The van der Waals surface area contributed by atoms with Crippen molar-refractivity contribution in [1.29, 1.82) is 0 Å². The first-order chi connectivity index (χ1) is 12.0. The van der Waals surface area contributed by atoms with Gasteiger partial charge in [-0.3, -0.25) is 10.1 Å². The number of morpholine rings is 1. The standard InChI is InChI=1S/C17H25N3O5/c1-3-4-9-25-17(21)18(2)13-14-12-15(20(22)23)5-6-16(14)19-7-10-24-11-8-19/h5-6,12H,3-4,7-11,13H2,1-2H3. The van der Waals surface area contributed by atoms with Gasteiger partial charge >= 0.3 is 6.09 Å². The summed E-state index contributed by atoms with van der Waals surface area (Å²) in [6.45, 7) is 5.32. The van der Waals surface area contributed by atoms with Crippen molar-refractivity contribution in [2.24, 2.45) is 0 Å². The molecule has 0 N–H and O–H groups in total. The molecular weight excluding hydrogens is 326 g/mol. The van der Waals surface area contributed by atoms with Crippen LogP contribution in [0.25, 0.3) is 0 Å². The Morgan fingerprint density at radius 3 is 2.76 bits per heavy atom.